The highest BCUT2D eigenvalue weighted by Gasteiger charge is 2.24. The monoisotopic (exact) mass is 404 g/mol. The molecule has 4 heteroatoms. The van der Waals surface area contributed by atoms with Crippen LogP contribution in [0.3, 0.4) is 0 Å². The molecule has 0 atom stereocenters. The third kappa shape index (κ3) is 3.93. The lowest BCUT2D eigenvalue weighted by Gasteiger charge is -2.37. The van der Waals surface area contributed by atoms with Gasteiger partial charge in [0.2, 0.25) is 0 Å². The molecule has 0 spiro atoms. The number of fused-ring (bicyclic) bond motifs is 3. The fraction of sp³-hybridized carbons (Fsp3) is 0.462. The van der Waals surface area contributed by atoms with Crippen LogP contribution in [0.2, 0.25) is 0 Å². The molecule has 1 aromatic heterocycles. The first-order valence-corrected chi connectivity index (χ1v) is 11.3. The van der Waals surface area contributed by atoms with Crippen molar-refractivity contribution in [2.24, 2.45) is 0 Å². The van der Waals surface area contributed by atoms with Gasteiger partial charge in [0.05, 0.1) is 0 Å². The Morgan fingerprint density at radius 3 is 1.93 bits per heavy atom. The van der Waals surface area contributed by atoms with Crippen LogP contribution in [0.5, 0.6) is 0 Å². The zero-order chi connectivity index (χ0) is 21.3. The Bertz CT molecular complexity index is 1020. The summed E-state index contributed by atoms with van der Waals surface area (Å²) in [5, 5.41) is 2.12. The summed E-state index contributed by atoms with van der Waals surface area (Å²) in [6, 6.07) is 12.7. The predicted octanol–water partition coefficient (Wildman–Crippen LogP) is 5.85. The van der Waals surface area contributed by atoms with Crippen LogP contribution in [0.15, 0.2) is 36.4 Å². The van der Waals surface area contributed by atoms with E-state index in [1.807, 2.05) is 24.3 Å². The number of Topliss-reactive ketones (excluding diaryl/α,β-unsaturated/α-hetero) is 2. The number of hydrogen-bond acceptors (Lipinski definition) is 3. The molecule has 1 saturated carbocycles. The topological polar surface area (TPSA) is 42.3 Å². The van der Waals surface area contributed by atoms with E-state index in [0.717, 1.165) is 40.9 Å². The van der Waals surface area contributed by atoms with Crippen LogP contribution >= 0.6 is 0 Å². The molecule has 3 aromatic rings. The van der Waals surface area contributed by atoms with E-state index >= 15 is 0 Å². The molecule has 0 bridgehead atoms. The third-order valence-corrected chi connectivity index (χ3v) is 6.68. The standard InChI is InChI=1S/C26H32N2O2/c1-4-5-13-27(22-7-6-8-22)14-15-28-25-11-9-20(18(2)29)16-23(25)24-17-21(19(3)30)10-12-26(24)28/h9-12,16-17,22H,4-8,13-15H2,1-3H3. The molecule has 1 aliphatic carbocycles. The SMILES string of the molecule is CCCCN(CCn1c2ccc(C(C)=O)cc2c2cc(C(C)=O)ccc21)C1CCC1. The number of carbonyl (C=O) groups is 2. The summed E-state index contributed by atoms with van der Waals surface area (Å²) >= 11 is 0. The van der Waals surface area contributed by atoms with Crippen LogP contribution in [0.25, 0.3) is 21.8 Å². The minimum absolute atomic E-state index is 0.0660. The maximum atomic E-state index is 12.0. The van der Waals surface area contributed by atoms with Crippen molar-refractivity contribution in [1.82, 2.24) is 9.47 Å². The van der Waals surface area contributed by atoms with Gasteiger partial charge >= 0.3 is 0 Å². The van der Waals surface area contributed by atoms with E-state index in [9.17, 15) is 9.59 Å². The van der Waals surface area contributed by atoms with Gasteiger partial charge in [0.25, 0.3) is 0 Å². The number of carbonyl (C=O) groups excluding carboxylic acids is 2. The second-order valence-corrected chi connectivity index (χ2v) is 8.70. The van der Waals surface area contributed by atoms with Crippen LogP contribution in [0.4, 0.5) is 0 Å². The van der Waals surface area contributed by atoms with E-state index in [1.54, 1.807) is 13.8 Å². The highest BCUT2D eigenvalue weighted by molar-refractivity contribution is 6.12. The molecule has 0 unspecified atom stereocenters. The molecular formula is C26H32N2O2. The Labute approximate surface area is 178 Å². The number of ketones is 2. The lowest BCUT2D eigenvalue weighted by atomic mass is 9.91. The normalized spacial score (nSPS) is 14.5. The molecule has 1 aliphatic rings. The highest BCUT2D eigenvalue weighted by atomic mass is 16.1. The molecule has 1 fully saturated rings. The number of hydrogen-bond donors (Lipinski definition) is 0. The van der Waals surface area contributed by atoms with E-state index in [1.165, 1.54) is 38.6 Å². The summed E-state index contributed by atoms with van der Waals surface area (Å²) in [4.78, 5) is 26.6. The lowest BCUT2D eigenvalue weighted by Crippen LogP contribution is -2.42. The van der Waals surface area contributed by atoms with Crippen molar-refractivity contribution in [3.05, 3.63) is 47.5 Å². The molecule has 1 heterocycles. The van der Waals surface area contributed by atoms with Gasteiger partial charge in [-0.05, 0) is 76.1 Å². The molecule has 0 aliphatic heterocycles. The number of aromatic nitrogens is 1. The van der Waals surface area contributed by atoms with Gasteiger partial charge in [-0.3, -0.25) is 14.5 Å². The summed E-state index contributed by atoms with van der Waals surface area (Å²) in [7, 11) is 0. The van der Waals surface area contributed by atoms with Gasteiger partial charge in [0, 0.05) is 52.1 Å². The van der Waals surface area contributed by atoms with Gasteiger partial charge in [-0.2, -0.15) is 0 Å². The molecule has 0 amide bonds. The predicted molar refractivity (Wildman–Crippen MR) is 124 cm³/mol. The quantitative estimate of drug-likeness (QED) is 0.420. The zero-order valence-corrected chi connectivity index (χ0v) is 18.4. The van der Waals surface area contributed by atoms with E-state index in [0.29, 0.717) is 11.1 Å². The molecule has 4 nitrogen and oxygen atoms in total. The first kappa shape index (κ1) is 20.8. The maximum absolute atomic E-state index is 12.0. The first-order chi connectivity index (χ1) is 14.5. The average molecular weight is 405 g/mol. The van der Waals surface area contributed by atoms with Crippen LogP contribution in [-0.4, -0.2) is 40.2 Å². The summed E-state index contributed by atoms with van der Waals surface area (Å²) in [6.45, 7) is 8.58. The van der Waals surface area contributed by atoms with Crippen molar-refractivity contribution in [1.29, 1.82) is 0 Å². The molecule has 4 rings (SSSR count). The summed E-state index contributed by atoms with van der Waals surface area (Å²) in [5.74, 6) is 0.132. The van der Waals surface area contributed by atoms with Crippen molar-refractivity contribution >= 4 is 33.4 Å². The highest BCUT2D eigenvalue weighted by Crippen LogP contribution is 2.32. The molecule has 0 radical (unpaired) electrons. The van der Waals surface area contributed by atoms with E-state index < -0.39 is 0 Å². The molecule has 2 aromatic carbocycles. The maximum Gasteiger partial charge on any atom is 0.159 e. The van der Waals surface area contributed by atoms with Gasteiger partial charge in [0.15, 0.2) is 11.6 Å². The molecule has 158 valence electrons. The fourth-order valence-electron chi connectivity index (χ4n) is 4.60. The number of rotatable bonds is 9. The van der Waals surface area contributed by atoms with Crippen LogP contribution in [-0.2, 0) is 6.54 Å². The Hall–Kier alpha value is -2.46. The minimum atomic E-state index is 0.0660. The molecule has 0 saturated heterocycles. The molecule has 0 N–H and O–H groups in total. The molecular weight excluding hydrogens is 372 g/mol. The van der Waals surface area contributed by atoms with E-state index in [2.05, 4.69) is 28.5 Å². The lowest BCUT2D eigenvalue weighted by molar-refractivity contribution is 0.100. The number of unbranched alkanes of at least 4 members (excludes halogenated alkanes) is 1. The Morgan fingerprint density at radius 2 is 1.50 bits per heavy atom. The fourth-order valence-corrected chi connectivity index (χ4v) is 4.60. The zero-order valence-electron chi connectivity index (χ0n) is 18.4. The summed E-state index contributed by atoms with van der Waals surface area (Å²) < 4.78 is 2.37. The van der Waals surface area contributed by atoms with Crippen molar-refractivity contribution in [3.63, 3.8) is 0 Å². The van der Waals surface area contributed by atoms with Crippen LogP contribution in [0.1, 0.15) is 73.6 Å². The van der Waals surface area contributed by atoms with Gasteiger partial charge in [0.1, 0.15) is 0 Å². The van der Waals surface area contributed by atoms with E-state index in [-0.39, 0.29) is 11.6 Å². The largest absolute Gasteiger partial charge is 0.339 e. The Balaban J connectivity index is 1.75. The van der Waals surface area contributed by atoms with Crippen molar-refractivity contribution in [2.45, 2.75) is 65.5 Å². The van der Waals surface area contributed by atoms with Crippen LogP contribution < -0.4 is 0 Å². The van der Waals surface area contributed by atoms with Crippen molar-refractivity contribution < 1.29 is 9.59 Å². The van der Waals surface area contributed by atoms with Crippen LogP contribution in [0, 0.1) is 0 Å². The van der Waals surface area contributed by atoms with Crippen molar-refractivity contribution in [2.75, 3.05) is 13.1 Å². The van der Waals surface area contributed by atoms with Gasteiger partial charge in [-0.15, -0.1) is 0 Å². The second kappa shape index (κ2) is 8.73. The minimum Gasteiger partial charge on any atom is -0.339 e. The smallest absolute Gasteiger partial charge is 0.159 e. The average Bonchev–Trinajstić information content (AvgIpc) is 3.00. The molecule has 30 heavy (non-hydrogen) atoms. The van der Waals surface area contributed by atoms with Gasteiger partial charge < -0.3 is 4.57 Å². The summed E-state index contributed by atoms with van der Waals surface area (Å²) in [6.07, 6.45) is 6.46. The Morgan fingerprint density at radius 1 is 0.933 bits per heavy atom. The number of benzene rings is 2. The Kier molecular flexibility index (Phi) is 6.05. The van der Waals surface area contributed by atoms with E-state index in [4.69, 9.17) is 0 Å². The third-order valence-electron chi connectivity index (χ3n) is 6.68. The van der Waals surface area contributed by atoms with Gasteiger partial charge in [-0.25, -0.2) is 0 Å². The van der Waals surface area contributed by atoms with Gasteiger partial charge in [-0.1, -0.05) is 19.8 Å². The summed E-state index contributed by atoms with van der Waals surface area (Å²) in [5.41, 5.74) is 3.71. The van der Waals surface area contributed by atoms with Crippen molar-refractivity contribution in [3.8, 4) is 0 Å². The number of nitrogens with zero attached hydrogens (tertiary/aromatic N) is 2. The second-order valence-electron chi connectivity index (χ2n) is 8.70. The first-order valence-electron chi connectivity index (χ1n) is 11.3.